The van der Waals surface area contributed by atoms with Crippen molar-refractivity contribution in [1.82, 2.24) is 10.3 Å². The summed E-state index contributed by atoms with van der Waals surface area (Å²) in [5.41, 5.74) is 7.90. The van der Waals surface area contributed by atoms with Crippen molar-refractivity contribution >= 4 is 28.7 Å². The Morgan fingerprint density at radius 3 is 2.72 bits per heavy atom. The van der Waals surface area contributed by atoms with Crippen LogP contribution in [0.3, 0.4) is 0 Å². The smallest absolute Gasteiger partial charge is 0.408 e. The van der Waals surface area contributed by atoms with Gasteiger partial charge in [0.1, 0.15) is 5.69 Å². The van der Waals surface area contributed by atoms with Crippen molar-refractivity contribution in [3.05, 3.63) is 35.0 Å². The lowest BCUT2D eigenvalue weighted by molar-refractivity contribution is -0.193. The van der Waals surface area contributed by atoms with Crippen LogP contribution in [0.5, 0.6) is 0 Å². The number of carbonyl (C=O) groups is 3. The number of esters is 2. The molecule has 4 N–H and O–H groups in total. The highest BCUT2D eigenvalue weighted by Crippen LogP contribution is 2.45. The molecule has 1 aromatic heterocycles. The number of aromatic amines is 1. The number of fused-ring (bicyclic) bond motifs is 4. The topological polar surface area (TPSA) is 124 Å². The average molecular weight is 343 g/mol. The number of H-pyrrole nitrogens is 1. The van der Waals surface area contributed by atoms with E-state index < -0.39 is 23.6 Å². The Labute approximate surface area is 142 Å². The number of primary amides is 1. The van der Waals surface area contributed by atoms with E-state index in [9.17, 15) is 14.4 Å². The minimum atomic E-state index is -1.46. The zero-order chi connectivity index (χ0) is 17.8. The molecule has 1 aliphatic heterocycles. The number of hydrogen-bond donors (Lipinski definition) is 3. The first kappa shape index (κ1) is 15.6. The first-order chi connectivity index (χ1) is 11.9. The van der Waals surface area contributed by atoms with Crippen molar-refractivity contribution < 1.29 is 23.9 Å². The fourth-order valence-electron chi connectivity index (χ4n) is 3.71. The molecule has 1 fully saturated rings. The van der Waals surface area contributed by atoms with Crippen molar-refractivity contribution in [2.45, 2.75) is 31.6 Å². The lowest BCUT2D eigenvalue weighted by Crippen LogP contribution is -2.45. The number of benzene rings is 1. The molecule has 1 atom stereocenters. The minimum absolute atomic E-state index is 0.0487. The molecule has 25 heavy (non-hydrogen) atoms. The fourth-order valence-corrected chi connectivity index (χ4v) is 3.71. The van der Waals surface area contributed by atoms with Gasteiger partial charge >= 0.3 is 17.7 Å². The standard InChI is InChI=1S/C17H17N3O5/c1-2-19-9-6-11-10-5-8(14(18)21)3-4-12(10)20-13(11)17(7-9)24-15(22)16(23)25-17/h3-5,9,19-20H,2,6-7H2,1H3,(H2,18,21). The van der Waals surface area contributed by atoms with Crippen LogP contribution in [0.15, 0.2) is 18.2 Å². The summed E-state index contributed by atoms with van der Waals surface area (Å²) in [7, 11) is 0. The molecule has 0 saturated carbocycles. The van der Waals surface area contributed by atoms with E-state index in [2.05, 4.69) is 10.3 Å². The number of aromatic nitrogens is 1. The Kier molecular flexibility index (Phi) is 3.33. The Morgan fingerprint density at radius 1 is 1.36 bits per heavy atom. The molecule has 130 valence electrons. The second-order valence-corrected chi connectivity index (χ2v) is 6.30. The molecule has 2 aromatic rings. The monoisotopic (exact) mass is 343 g/mol. The SMILES string of the molecule is CCNC1Cc2c([nH]c3ccc(C(N)=O)cc23)C2(C1)OC(=O)C(=O)O2. The van der Waals surface area contributed by atoms with Crippen LogP contribution in [0.2, 0.25) is 0 Å². The third-order valence-corrected chi connectivity index (χ3v) is 4.71. The van der Waals surface area contributed by atoms with E-state index in [4.69, 9.17) is 15.2 Å². The molecule has 1 saturated heterocycles. The van der Waals surface area contributed by atoms with Crippen LogP contribution in [0.1, 0.15) is 35.0 Å². The normalized spacial score (nSPS) is 21.2. The van der Waals surface area contributed by atoms with Crippen LogP contribution in [0.4, 0.5) is 0 Å². The maximum absolute atomic E-state index is 11.7. The number of ether oxygens (including phenoxy) is 2. The molecular formula is C17H17N3O5. The van der Waals surface area contributed by atoms with Gasteiger partial charge in [-0.15, -0.1) is 0 Å². The number of likely N-dealkylation sites (N-methyl/N-ethyl adjacent to an activating group) is 1. The van der Waals surface area contributed by atoms with Gasteiger partial charge in [0.05, 0.1) is 0 Å². The summed E-state index contributed by atoms with van der Waals surface area (Å²) >= 11 is 0. The van der Waals surface area contributed by atoms with E-state index in [1.54, 1.807) is 18.2 Å². The zero-order valence-electron chi connectivity index (χ0n) is 13.5. The molecule has 0 bridgehead atoms. The van der Waals surface area contributed by atoms with Gasteiger partial charge in [0.2, 0.25) is 5.91 Å². The molecule has 2 heterocycles. The fraction of sp³-hybridized carbons (Fsp3) is 0.353. The van der Waals surface area contributed by atoms with Gasteiger partial charge in [0, 0.05) is 28.9 Å². The van der Waals surface area contributed by atoms with Crippen LogP contribution in [-0.2, 0) is 31.3 Å². The highest BCUT2D eigenvalue weighted by molar-refractivity contribution is 6.31. The van der Waals surface area contributed by atoms with Crippen LogP contribution >= 0.6 is 0 Å². The maximum atomic E-state index is 11.7. The highest BCUT2D eigenvalue weighted by Gasteiger charge is 2.55. The summed E-state index contributed by atoms with van der Waals surface area (Å²) in [6, 6.07) is 5.01. The van der Waals surface area contributed by atoms with Crippen molar-refractivity contribution in [3.63, 3.8) is 0 Å². The minimum Gasteiger partial charge on any atom is -0.408 e. The summed E-state index contributed by atoms with van der Waals surface area (Å²) in [5, 5.41) is 4.11. The molecule has 0 radical (unpaired) electrons. The second-order valence-electron chi connectivity index (χ2n) is 6.30. The van der Waals surface area contributed by atoms with Crippen LogP contribution in [0.25, 0.3) is 10.9 Å². The maximum Gasteiger partial charge on any atom is 0.421 e. The quantitative estimate of drug-likeness (QED) is 0.549. The van der Waals surface area contributed by atoms with Crippen LogP contribution in [0, 0.1) is 0 Å². The summed E-state index contributed by atoms with van der Waals surface area (Å²) < 4.78 is 10.7. The molecular weight excluding hydrogens is 326 g/mol. The van der Waals surface area contributed by atoms with E-state index in [0.717, 1.165) is 16.5 Å². The van der Waals surface area contributed by atoms with Gasteiger partial charge in [0.15, 0.2) is 0 Å². The molecule has 1 spiro atoms. The largest absolute Gasteiger partial charge is 0.421 e. The third kappa shape index (κ3) is 2.29. The van der Waals surface area contributed by atoms with Gasteiger partial charge in [-0.25, -0.2) is 9.59 Å². The molecule has 8 heteroatoms. The van der Waals surface area contributed by atoms with Gasteiger partial charge in [-0.3, -0.25) is 4.79 Å². The number of carbonyl (C=O) groups excluding carboxylic acids is 3. The third-order valence-electron chi connectivity index (χ3n) is 4.71. The molecule has 8 nitrogen and oxygen atoms in total. The van der Waals surface area contributed by atoms with Gasteiger partial charge < -0.3 is 25.5 Å². The molecule has 1 aromatic carbocycles. The first-order valence-corrected chi connectivity index (χ1v) is 8.08. The van der Waals surface area contributed by atoms with E-state index in [-0.39, 0.29) is 6.04 Å². The van der Waals surface area contributed by atoms with Gasteiger partial charge in [-0.1, -0.05) is 6.92 Å². The number of nitrogens with two attached hydrogens (primary N) is 1. The number of amides is 1. The van der Waals surface area contributed by atoms with Gasteiger partial charge in [-0.05, 0) is 36.7 Å². The Balaban J connectivity index is 1.91. The number of rotatable bonds is 3. The highest BCUT2D eigenvalue weighted by atomic mass is 16.8. The second kappa shape index (κ2) is 5.32. The molecule has 1 aliphatic carbocycles. The van der Waals surface area contributed by atoms with E-state index in [0.29, 0.717) is 30.6 Å². The van der Waals surface area contributed by atoms with Crippen molar-refractivity contribution in [2.75, 3.05) is 6.54 Å². The van der Waals surface area contributed by atoms with Gasteiger partial charge in [0.25, 0.3) is 0 Å². The number of nitrogens with one attached hydrogen (secondary N) is 2. The van der Waals surface area contributed by atoms with Crippen LogP contribution < -0.4 is 11.1 Å². The molecule has 1 unspecified atom stereocenters. The Morgan fingerprint density at radius 2 is 2.08 bits per heavy atom. The molecule has 1 amide bonds. The Hall–Kier alpha value is -2.87. The summed E-state index contributed by atoms with van der Waals surface area (Å²) in [6.45, 7) is 2.68. The summed E-state index contributed by atoms with van der Waals surface area (Å²) in [6.07, 6.45) is 0.961. The van der Waals surface area contributed by atoms with Gasteiger partial charge in [-0.2, -0.15) is 0 Å². The Bertz CT molecular complexity index is 900. The number of hydrogen-bond acceptors (Lipinski definition) is 6. The predicted octanol–water partition coefficient (Wildman–Crippen LogP) is 0.444. The van der Waals surface area contributed by atoms with Crippen molar-refractivity contribution in [1.29, 1.82) is 0 Å². The van der Waals surface area contributed by atoms with E-state index in [1.807, 2.05) is 6.92 Å². The van der Waals surface area contributed by atoms with Crippen LogP contribution in [-0.4, -0.2) is 35.4 Å². The predicted molar refractivity (Wildman–Crippen MR) is 86.5 cm³/mol. The lowest BCUT2D eigenvalue weighted by Gasteiger charge is -2.34. The lowest BCUT2D eigenvalue weighted by atomic mass is 9.86. The zero-order valence-corrected chi connectivity index (χ0v) is 13.5. The van der Waals surface area contributed by atoms with E-state index in [1.165, 1.54) is 0 Å². The molecule has 2 aliphatic rings. The van der Waals surface area contributed by atoms with Crippen molar-refractivity contribution in [2.24, 2.45) is 5.73 Å². The van der Waals surface area contributed by atoms with E-state index >= 15 is 0 Å². The summed E-state index contributed by atoms with van der Waals surface area (Å²) in [4.78, 5) is 38.1. The average Bonchev–Trinajstić information content (AvgIpc) is 3.06. The van der Waals surface area contributed by atoms with Crippen molar-refractivity contribution in [3.8, 4) is 0 Å². The molecule has 4 rings (SSSR count). The summed E-state index contributed by atoms with van der Waals surface area (Å²) in [5.74, 6) is -3.98. The first-order valence-electron chi connectivity index (χ1n) is 8.08.